The Kier molecular flexibility index (Phi) is 6.15. The molecule has 1 fully saturated rings. The number of amides is 1. The Balaban J connectivity index is 1.77. The van der Waals surface area contributed by atoms with Crippen LogP contribution in [0.1, 0.15) is 31.1 Å². The average Bonchev–Trinajstić information content (AvgIpc) is 3.20. The lowest BCUT2D eigenvalue weighted by Crippen LogP contribution is -2.47. The molecule has 0 saturated carbocycles. The van der Waals surface area contributed by atoms with Crippen molar-refractivity contribution in [2.75, 3.05) is 18.0 Å². The first-order valence-electron chi connectivity index (χ1n) is 9.37. The standard InChI is InChI=1S/C19H26N4O3S/c1-3-8-23-16(11-17(24)21(2)19(23)26)22-9-4-6-14(13-22)18(25)20-12-15-7-5-10-27-15/h5,7,10-11,14H,3-4,6,8-9,12-13H2,1-2H3,(H,20,25). The van der Waals surface area contributed by atoms with E-state index in [1.165, 1.54) is 13.1 Å². The molecule has 2 aromatic rings. The van der Waals surface area contributed by atoms with Gasteiger partial charge in [0.1, 0.15) is 5.82 Å². The molecule has 0 bridgehead atoms. The number of hydrogen-bond donors (Lipinski definition) is 1. The minimum atomic E-state index is -0.313. The second-order valence-electron chi connectivity index (χ2n) is 6.92. The minimum Gasteiger partial charge on any atom is -0.357 e. The van der Waals surface area contributed by atoms with Gasteiger partial charge in [0.2, 0.25) is 5.91 Å². The van der Waals surface area contributed by atoms with Crippen LogP contribution in [0, 0.1) is 5.92 Å². The van der Waals surface area contributed by atoms with Gasteiger partial charge in [-0.25, -0.2) is 4.79 Å². The normalized spacial score (nSPS) is 17.1. The van der Waals surface area contributed by atoms with E-state index in [9.17, 15) is 14.4 Å². The quantitative estimate of drug-likeness (QED) is 0.812. The Morgan fingerprint density at radius 2 is 2.19 bits per heavy atom. The van der Waals surface area contributed by atoms with Gasteiger partial charge in [-0.3, -0.25) is 18.7 Å². The second kappa shape index (κ2) is 8.56. The summed E-state index contributed by atoms with van der Waals surface area (Å²) in [4.78, 5) is 40.4. The van der Waals surface area contributed by atoms with E-state index in [0.717, 1.165) is 35.3 Å². The smallest absolute Gasteiger partial charge is 0.332 e. The molecular weight excluding hydrogens is 364 g/mol. The van der Waals surface area contributed by atoms with Crippen LogP contribution in [-0.2, 0) is 24.9 Å². The molecule has 146 valence electrons. The molecule has 0 spiro atoms. The van der Waals surface area contributed by atoms with Crippen molar-refractivity contribution in [3.63, 3.8) is 0 Å². The highest BCUT2D eigenvalue weighted by atomic mass is 32.1. The Morgan fingerprint density at radius 3 is 2.89 bits per heavy atom. The number of piperidine rings is 1. The summed E-state index contributed by atoms with van der Waals surface area (Å²) in [5.74, 6) is 0.509. The summed E-state index contributed by atoms with van der Waals surface area (Å²) in [5, 5.41) is 5.00. The summed E-state index contributed by atoms with van der Waals surface area (Å²) in [5.41, 5.74) is -0.616. The largest absolute Gasteiger partial charge is 0.357 e. The first-order valence-corrected chi connectivity index (χ1v) is 10.2. The number of rotatable bonds is 6. The number of thiophene rings is 1. The summed E-state index contributed by atoms with van der Waals surface area (Å²) in [6.07, 6.45) is 2.46. The number of hydrogen-bond acceptors (Lipinski definition) is 5. The summed E-state index contributed by atoms with van der Waals surface area (Å²) < 4.78 is 2.78. The average molecular weight is 391 g/mol. The third-order valence-corrected chi connectivity index (χ3v) is 5.83. The molecule has 1 amide bonds. The molecule has 27 heavy (non-hydrogen) atoms. The van der Waals surface area contributed by atoms with Crippen molar-refractivity contribution in [2.24, 2.45) is 13.0 Å². The molecule has 0 aromatic carbocycles. The lowest BCUT2D eigenvalue weighted by molar-refractivity contribution is -0.125. The van der Waals surface area contributed by atoms with Gasteiger partial charge in [0, 0.05) is 37.6 Å². The van der Waals surface area contributed by atoms with Crippen molar-refractivity contribution in [1.82, 2.24) is 14.5 Å². The first-order chi connectivity index (χ1) is 13.0. The molecular formula is C19H26N4O3S. The van der Waals surface area contributed by atoms with Crippen LogP contribution in [0.2, 0.25) is 0 Å². The van der Waals surface area contributed by atoms with E-state index >= 15 is 0 Å². The monoisotopic (exact) mass is 390 g/mol. The van der Waals surface area contributed by atoms with Gasteiger partial charge in [0.15, 0.2) is 0 Å². The maximum atomic E-state index is 12.6. The zero-order chi connectivity index (χ0) is 19.4. The van der Waals surface area contributed by atoms with E-state index < -0.39 is 0 Å². The predicted octanol–water partition coefficient (Wildman–Crippen LogP) is 1.55. The van der Waals surface area contributed by atoms with Gasteiger partial charge in [-0.15, -0.1) is 11.3 Å². The highest BCUT2D eigenvalue weighted by Gasteiger charge is 2.27. The number of aromatic nitrogens is 2. The Hall–Kier alpha value is -2.35. The van der Waals surface area contributed by atoms with Gasteiger partial charge in [0.25, 0.3) is 5.56 Å². The van der Waals surface area contributed by atoms with Crippen molar-refractivity contribution in [3.05, 3.63) is 49.3 Å². The second-order valence-corrected chi connectivity index (χ2v) is 7.95. The third kappa shape index (κ3) is 4.32. The zero-order valence-electron chi connectivity index (χ0n) is 15.8. The van der Waals surface area contributed by atoms with Crippen LogP contribution in [0.4, 0.5) is 5.82 Å². The summed E-state index contributed by atoms with van der Waals surface area (Å²) in [6, 6.07) is 5.49. The Morgan fingerprint density at radius 1 is 1.37 bits per heavy atom. The molecule has 1 unspecified atom stereocenters. The Bertz CT molecular complexity index is 901. The SMILES string of the molecule is CCCn1c(N2CCCC(C(=O)NCc3cccs3)C2)cc(=O)n(C)c1=O. The van der Waals surface area contributed by atoms with Crippen LogP contribution in [0.15, 0.2) is 33.2 Å². The number of carbonyl (C=O) groups is 1. The summed E-state index contributed by atoms with van der Waals surface area (Å²) >= 11 is 1.62. The topological polar surface area (TPSA) is 76.3 Å². The molecule has 1 atom stereocenters. The molecule has 1 N–H and O–H groups in total. The lowest BCUT2D eigenvalue weighted by Gasteiger charge is -2.34. The fraction of sp³-hybridized carbons (Fsp3) is 0.526. The predicted molar refractivity (Wildman–Crippen MR) is 107 cm³/mol. The van der Waals surface area contributed by atoms with E-state index in [1.807, 2.05) is 29.3 Å². The molecule has 0 aliphatic carbocycles. The Labute approximate surface area is 162 Å². The van der Waals surface area contributed by atoms with Crippen LogP contribution in [0.5, 0.6) is 0 Å². The molecule has 0 radical (unpaired) electrons. The molecule has 7 nitrogen and oxygen atoms in total. The third-order valence-electron chi connectivity index (χ3n) is 4.96. The van der Waals surface area contributed by atoms with Crippen LogP contribution < -0.4 is 21.5 Å². The van der Waals surface area contributed by atoms with Gasteiger partial charge in [-0.05, 0) is 30.7 Å². The van der Waals surface area contributed by atoms with Crippen molar-refractivity contribution in [1.29, 1.82) is 0 Å². The molecule has 2 aromatic heterocycles. The fourth-order valence-electron chi connectivity index (χ4n) is 3.49. The molecule has 3 heterocycles. The van der Waals surface area contributed by atoms with Crippen molar-refractivity contribution < 1.29 is 4.79 Å². The van der Waals surface area contributed by atoms with Crippen LogP contribution in [-0.4, -0.2) is 28.1 Å². The number of nitrogens with zero attached hydrogens (tertiary/aromatic N) is 3. The molecule has 1 aliphatic rings. The van der Waals surface area contributed by atoms with E-state index in [2.05, 4.69) is 5.32 Å². The van der Waals surface area contributed by atoms with E-state index in [-0.39, 0.29) is 23.1 Å². The van der Waals surface area contributed by atoms with Gasteiger partial charge in [-0.1, -0.05) is 13.0 Å². The highest BCUT2D eigenvalue weighted by molar-refractivity contribution is 7.09. The van der Waals surface area contributed by atoms with Gasteiger partial charge >= 0.3 is 5.69 Å². The van der Waals surface area contributed by atoms with Crippen molar-refractivity contribution in [2.45, 2.75) is 39.3 Å². The van der Waals surface area contributed by atoms with E-state index in [0.29, 0.717) is 25.5 Å². The summed E-state index contributed by atoms with van der Waals surface area (Å²) in [7, 11) is 1.50. The number of anilines is 1. The number of nitrogens with one attached hydrogen (secondary N) is 1. The van der Waals surface area contributed by atoms with Crippen LogP contribution in [0.3, 0.4) is 0 Å². The fourth-order valence-corrected chi connectivity index (χ4v) is 4.13. The van der Waals surface area contributed by atoms with Gasteiger partial charge in [0.05, 0.1) is 12.5 Å². The first kappa shape index (κ1) is 19.4. The highest BCUT2D eigenvalue weighted by Crippen LogP contribution is 2.22. The lowest BCUT2D eigenvalue weighted by atomic mass is 9.97. The molecule has 1 aliphatic heterocycles. The maximum absolute atomic E-state index is 12.6. The zero-order valence-corrected chi connectivity index (χ0v) is 16.6. The van der Waals surface area contributed by atoms with Crippen molar-refractivity contribution in [3.8, 4) is 0 Å². The van der Waals surface area contributed by atoms with Crippen molar-refractivity contribution >= 4 is 23.1 Å². The van der Waals surface area contributed by atoms with Gasteiger partial charge < -0.3 is 10.2 Å². The van der Waals surface area contributed by atoms with Crippen LogP contribution >= 0.6 is 11.3 Å². The molecule has 1 saturated heterocycles. The maximum Gasteiger partial charge on any atom is 0.332 e. The van der Waals surface area contributed by atoms with E-state index in [1.54, 1.807) is 15.9 Å². The number of carbonyl (C=O) groups excluding carboxylic acids is 1. The molecule has 3 rings (SSSR count). The van der Waals surface area contributed by atoms with Crippen LogP contribution in [0.25, 0.3) is 0 Å². The minimum absolute atomic E-state index is 0.0290. The van der Waals surface area contributed by atoms with Gasteiger partial charge in [-0.2, -0.15) is 0 Å². The van der Waals surface area contributed by atoms with E-state index in [4.69, 9.17) is 0 Å². The summed E-state index contributed by atoms with van der Waals surface area (Å²) in [6.45, 7) is 4.35. The molecule has 8 heteroatoms.